The van der Waals surface area contributed by atoms with Gasteiger partial charge in [0.15, 0.2) is 11.5 Å². The third kappa shape index (κ3) is 6.75. The van der Waals surface area contributed by atoms with Gasteiger partial charge in [-0.2, -0.15) is 4.31 Å². The van der Waals surface area contributed by atoms with Crippen LogP contribution in [0, 0.1) is 0 Å². The first-order valence-electron chi connectivity index (χ1n) is 11.0. The molecule has 0 bridgehead atoms. The van der Waals surface area contributed by atoms with Crippen LogP contribution >= 0.6 is 11.6 Å². The average Bonchev–Trinajstić information content (AvgIpc) is 2.81. The molecule has 1 fully saturated rings. The van der Waals surface area contributed by atoms with Gasteiger partial charge in [-0.25, -0.2) is 8.42 Å². The zero-order valence-corrected chi connectivity index (χ0v) is 20.5. The van der Waals surface area contributed by atoms with Gasteiger partial charge in [0.05, 0.1) is 19.0 Å². The number of ether oxygens (including phenoxy) is 2. The minimum Gasteiger partial charge on any atom is -0.490 e. The van der Waals surface area contributed by atoms with E-state index in [9.17, 15) is 13.2 Å². The van der Waals surface area contributed by atoms with E-state index in [1.807, 2.05) is 38.1 Å². The third-order valence-electron chi connectivity index (χ3n) is 5.27. The van der Waals surface area contributed by atoms with E-state index in [0.29, 0.717) is 61.5 Å². The number of nitrogens with zero attached hydrogens (tertiary/aromatic N) is 2. The van der Waals surface area contributed by atoms with Crippen molar-refractivity contribution in [3.05, 3.63) is 53.1 Å². The lowest BCUT2D eigenvalue weighted by Gasteiger charge is -2.35. The van der Waals surface area contributed by atoms with Crippen molar-refractivity contribution < 1.29 is 22.7 Å². The van der Waals surface area contributed by atoms with Gasteiger partial charge in [0.25, 0.3) is 5.91 Å². The van der Waals surface area contributed by atoms with Crippen LogP contribution in [0.4, 0.5) is 5.69 Å². The van der Waals surface area contributed by atoms with Gasteiger partial charge < -0.3 is 19.7 Å². The molecule has 0 spiro atoms. The molecule has 1 heterocycles. The van der Waals surface area contributed by atoms with E-state index in [-0.39, 0.29) is 18.2 Å². The van der Waals surface area contributed by atoms with Crippen LogP contribution < -0.4 is 19.7 Å². The van der Waals surface area contributed by atoms with Crippen LogP contribution in [0.2, 0.25) is 5.02 Å². The number of rotatable bonds is 10. The van der Waals surface area contributed by atoms with Crippen molar-refractivity contribution in [3.63, 3.8) is 0 Å². The molecule has 0 aliphatic carbocycles. The van der Waals surface area contributed by atoms with Crippen molar-refractivity contribution in [2.45, 2.75) is 13.8 Å². The maximum Gasteiger partial charge on any atom is 0.251 e. The second-order valence-electron chi connectivity index (χ2n) is 7.46. The topological polar surface area (TPSA) is 88.2 Å². The molecule has 0 saturated carbocycles. The molecule has 33 heavy (non-hydrogen) atoms. The number of hydrogen-bond acceptors (Lipinski definition) is 6. The number of hydrogen-bond donors (Lipinski definition) is 1. The summed E-state index contributed by atoms with van der Waals surface area (Å²) in [5.74, 6) is 0.533. The minimum atomic E-state index is -3.48. The van der Waals surface area contributed by atoms with Crippen LogP contribution in [-0.2, 0) is 10.0 Å². The molecular weight excluding hydrogens is 466 g/mol. The Morgan fingerprint density at radius 3 is 2.24 bits per heavy atom. The van der Waals surface area contributed by atoms with Crippen molar-refractivity contribution in [1.29, 1.82) is 0 Å². The first-order chi connectivity index (χ1) is 15.8. The summed E-state index contributed by atoms with van der Waals surface area (Å²) < 4.78 is 38.0. The molecule has 1 N–H and O–H groups in total. The Balaban J connectivity index is 1.51. The van der Waals surface area contributed by atoms with Crippen LogP contribution in [0.25, 0.3) is 0 Å². The van der Waals surface area contributed by atoms with E-state index in [1.165, 1.54) is 4.31 Å². The predicted octanol–water partition coefficient (Wildman–Crippen LogP) is 3.02. The van der Waals surface area contributed by atoms with Crippen molar-refractivity contribution in [1.82, 2.24) is 9.62 Å². The number of nitrogens with one attached hydrogen (secondary N) is 1. The second kappa shape index (κ2) is 11.6. The number of anilines is 1. The molecular formula is C23H30ClN3O5S. The van der Waals surface area contributed by atoms with E-state index >= 15 is 0 Å². The number of benzene rings is 2. The lowest BCUT2D eigenvalue weighted by atomic mass is 10.2. The average molecular weight is 496 g/mol. The molecule has 10 heteroatoms. The highest BCUT2D eigenvalue weighted by atomic mass is 35.5. The summed E-state index contributed by atoms with van der Waals surface area (Å²) in [6.45, 7) is 6.66. The summed E-state index contributed by atoms with van der Waals surface area (Å²) >= 11 is 5.94. The van der Waals surface area contributed by atoms with E-state index in [4.69, 9.17) is 21.1 Å². The van der Waals surface area contributed by atoms with Gasteiger partial charge in [-0.3, -0.25) is 4.79 Å². The fourth-order valence-corrected chi connectivity index (χ4v) is 5.06. The molecule has 0 radical (unpaired) electrons. The van der Waals surface area contributed by atoms with Gasteiger partial charge in [-0.15, -0.1) is 0 Å². The Bertz CT molecular complexity index is 1040. The molecule has 1 amide bonds. The number of amides is 1. The fraction of sp³-hybridized carbons (Fsp3) is 0.435. The first-order valence-corrected chi connectivity index (χ1v) is 13.0. The SMILES string of the molecule is CCOc1ccc(C(=O)NCCS(=O)(=O)N2CCN(c3ccc(Cl)cc3)CC2)cc1OCC. The van der Waals surface area contributed by atoms with E-state index < -0.39 is 10.0 Å². The van der Waals surface area contributed by atoms with Gasteiger partial charge in [0, 0.05) is 49.0 Å². The number of carbonyl (C=O) groups excluding carboxylic acids is 1. The van der Waals surface area contributed by atoms with Crippen molar-refractivity contribution in [2.24, 2.45) is 0 Å². The molecule has 0 aromatic heterocycles. The molecule has 2 aromatic rings. The van der Waals surface area contributed by atoms with Crippen molar-refractivity contribution >= 4 is 33.2 Å². The number of piperazine rings is 1. The smallest absolute Gasteiger partial charge is 0.251 e. The fourth-order valence-electron chi connectivity index (χ4n) is 3.59. The molecule has 8 nitrogen and oxygen atoms in total. The summed E-state index contributed by atoms with van der Waals surface area (Å²) in [6.07, 6.45) is 0. The van der Waals surface area contributed by atoms with Crippen molar-refractivity contribution in [3.8, 4) is 11.5 Å². The monoisotopic (exact) mass is 495 g/mol. The molecule has 3 rings (SSSR count). The van der Waals surface area contributed by atoms with E-state index in [0.717, 1.165) is 5.69 Å². The zero-order chi connectivity index (χ0) is 23.8. The van der Waals surface area contributed by atoms with E-state index in [1.54, 1.807) is 18.2 Å². The van der Waals surface area contributed by atoms with Gasteiger partial charge in [0.2, 0.25) is 10.0 Å². The van der Waals surface area contributed by atoms with E-state index in [2.05, 4.69) is 10.2 Å². The minimum absolute atomic E-state index is 0.0236. The highest BCUT2D eigenvalue weighted by molar-refractivity contribution is 7.89. The number of halogens is 1. The Labute approximate surface area is 200 Å². The molecule has 1 aliphatic heterocycles. The van der Waals surface area contributed by atoms with Crippen LogP contribution in [0.5, 0.6) is 11.5 Å². The van der Waals surface area contributed by atoms with Gasteiger partial charge in [-0.05, 0) is 56.3 Å². The normalized spacial score (nSPS) is 14.7. The second-order valence-corrected chi connectivity index (χ2v) is 9.99. The van der Waals surface area contributed by atoms with Crippen LogP contribution in [0.1, 0.15) is 24.2 Å². The van der Waals surface area contributed by atoms with Crippen LogP contribution in [0.3, 0.4) is 0 Å². The Morgan fingerprint density at radius 2 is 1.61 bits per heavy atom. The lowest BCUT2D eigenvalue weighted by Crippen LogP contribution is -2.50. The summed E-state index contributed by atoms with van der Waals surface area (Å²) in [5, 5.41) is 3.36. The summed E-state index contributed by atoms with van der Waals surface area (Å²) in [7, 11) is -3.48. The Kier molecular flexibility index (Phi) is 8.82. The molecule has 180 valence electrons. The van der Waals surface area contributed by atoms with Gasteiger partial charge >= 0.3 is 0 Å². The number of carbonyl (C=O) groups is 1. The maximum atomic E-state index is 12.7. The molecule has 1 aliphatic rings. The Hall–Kier alpha value is -2.49. The lowest BCUT2D eigenvalue weighted by molar-refractivity contribution is 0.0955. The maximum absolute atomic E-state index is 12.7. The zero-order valence-electron chi connectivity index (χ0n) is 18.9. The third-order valence-corrected chi connectivity index (χ3v) is 7.40. The highest BCUT2D eigenvalue weighted by Crippen LogP contribution is 2.28. The molecule has 2 aromatic carbocycles. The number of sulfonamides is 1. The van der Waals surface area contributed by atoms with Crippen LogP contribution in [0.15, 0.2) is 42.5 Å². The summed E-state index contributed by atoms with van der Waals surface area (Å²) in [5.41, 5.74) is 1.40. The summed E-state index contributed by atoms with van der Waals surface area (Å²) in [6, 6.07) is 12.4. The largest absolute Gasteiger partial charge is 0.490 e. The standard InChI is InChI=1S/C23H30ClN3O5S/c1-3-31-21-10-5-18(17-22(21)32-4-2)23(28)25-11-16-33(29,30)27-14-12-26(13-15-27)20-8-6-19(24)7-9-20/h5-10,17H,3-4,11-16H2,1-2H3,(H,25,28). The highest BCUT2D eigenvalue weighted by Gasteiger charge is 2.27. The first kappa shape index (κ1) is 25.1. The quantitative estimate of drug-likeness (QED) is 0.545. The van der Waals surface area contributed by atoms with Crippen molar-refractivity contribution in [2.75, 3.05) is 56.6 Å². The molecule has 0 unspecified atom stereocenters. The molecule has 0 atom stereocenters. The Morgan fingerprint density at radius 1 is 0.970 bits per heavy atom. The van der Waals surface area contributed by atoms with Crippen LogP contribution in [-0.4, -0.2) is 70.3 Å². The summed E-state index contributed by atoms with van der Waals surface area (Å²) in [4.78, 5) is 14.7. The predicted molar refractivity (Wildman–Crippen MR) is 130 cm³/mol. The van der Waals surface area contributed by atoms with Gasteiger partial charge in [0.1, 0.15) is 0 Å². The molecule has 1 saturated heterocycles. The van der Waals surface area contributed by atoms with Gasteiger partial charge in [-0.1, -0.05) is 11.6 Å².